The van der Waals surface area contributed by atoms with Gasteiger partial charge in [0.2, 0.25) is 11.6 Å². The van der Waals surface area contributed by atoms with Gasteiger partial charge in [0, 0.05) is 49.0 Å². The summed E-state index contributed by atoms with van der Waals surface area (Å²) in [6.45, 7) is 7.79. The van der Waals surface area contributed by atoms with E-state index in [-0.39, 0.29) is 6.04 Å². The lowest BCUT2D eigenvalue weighted by Gasteiger charge is -2.21. The monoisotopic (exact) mass is 310 g/mol. The topological polar surface area (TPSA) is 47.8 Å². The average Bonchev–Trinajstić information content (AvgIpc) is 2.49. The lowest BCUT2D eigenvalue weighted by atomic mass is 9.96. The molecule has 0 spiro atoms. The van der Waals surface area contributed by atoms with Gasteiger partial charge in [0.25, 0.3) is 0 Å². The number of nitroso groups, excluding NO2 is 1. The molecule has 1 atom stereocenters. The van der Waals surface area contributed by atoms with Crippen molar-refractivity contribution in [2.45, 2.75) is 52.1 Å². The van der Waals surface area contributed by atoms with Crippen LogP contribution in [0, 0.1) is 4.91 Å². The lowest BCUT2D eigenvalue weighted by molar-refractivity contribution is -0.655. The highest BCUT2D eigenvalue weighted by molar-refractivity contribution is 5.51. The van der Waals surface area contributed by atoms with Gasteiger partial charge in [0.1, 0.15) is 22.8 Å². The molecular formula is C17H28NO4+. The molecule has 124 valence electrons. The van der Waals surface area contributed by atoms with Crippen LogP contribution < -0.4 is 14.2 Å². The van der Waals surface area contributed by atoms with E-state index in [1.807, 2.05) is 20.8 Å². The van der Waals surface area contributed by atoms with Gasteiger partial charge < -0.3 is 14.2 Å². The van der Waals surface area contributed by atoms with Crippen molar-refractivity contribution in [1.29, 1.82) is 0 Å². The van der Waals surface area contributed by atoms with Gasteiger partial charge in [-0.15, -0.1) is 0 Å². The first-order chi connectivity index (χ1) is 10.3. The van der Waals surface area contributed by atoms with Crippen LogP contribution in [0.4, 0.5) is 0 Å². The number of rotatable bonds is 7. The van der Waals surface area contributed by atoms with Crippen molar-refractivity contribution in [2.24, 2.45) is 0 Å². The van der Waals surface area contributed by atoms with Crippen molar-refractivity contribution in [3.8, 4) is 17.2 Å². The highest BCUT2D eigenvalue weighted by atomic mass is 16.5. The van der Waals surface area contributed by atoms with E-state index in [2.05, 4.69) is 6.92 Å². The molecule has 5 heteroatoms. The van der Waals surface area contributed by atoms with Gasteiger partial charge in [-0.25, -0.2) is 0 Å². The number of methoxy groups -OCH3 is 3. The van der Waals surface area contributed by atoms with E-state index in [0.29, 0.717) is 17.2 Å². The maximum absolute atomic E-state index is 12.8. The maximum Gasteiger partial charge on any atom is 0.234 e. The Labute approximate surface area is 133 Å². The SMILES string of the molecule is CCCC(c1c(OC)cc(OC)cc1OC)[N+](=O)C(C)(C)C. The Morgan fingerprint density at radius 2 is 1.55 bits per heavy atom. The van der Waals surface area contributed by atoms with Crippen molar-refractivity contribution in [3.63, 3.8) is 0 Å². The van der Waals surface area contributed by atoms with Gasteiger partial charge in [-0.3, -0.25) is 0 Å². The molecular weight excluding hydrogens is 282 g/mol. The molecule has 0 heterocycles. The fourth-order valence-corrected chi connectivity index (χ4v) is 2.48. The van der Waals surface area contributed by atoms with Gasteiger partial charge in [0.05, 0.1) is 21.3 Å². The Bertz CT molecular complexity index is 495. The van der Waals surface area contributed by atoms with E-state index < -0.39 is 5.54 Å². The molecule has 0 bridgehead atoms. The van der Waals surface area contributed by atoms with Crippen molar-refractivity contribution in [1.82, 2.24) is 0 Å². The van der Waals surface area contributed by atoms with Crippen LogP contribution in [0.15, 0.2) is 12.1 Å². The summed E-state index contributed by atoms with van der Waals surface area (Å²) in [5, 5.41) is 0. The average molecular weight is 310 g/mol. The van der Waals surface area contributed by atoms with E-state index in [4.69, 9.17) is 14.2 Å². The number of ether oxygens (including phenoxy) is 3. The Balaban J connectivity index is 3.49. The molecule has 0 aliphatic carbocycles. The second-order valence-corrected chi connectivity index (χ2v) is 6.25. The van der Waals surface area contributed by atoms with Gasteiger partial charge in [-0.05, 0) is 6.42 Å². The van der Waals surface area contributed by atoms with E-state index in [0.717, 1.165) is 23.2 Å². The smallest absolute Gasteiger partial charge is 0.234 e. The summed E-state index contributed by atoms with van der Waals surface area (Å²) < 4.78 is 17.4. The van der Waals surface area contributed by atoms with Gasteiger partial charge in [0.15, 0.2) is 0 Å². The normalized spacial score (nSPS) is 12.7. The third-order valence-corrected chi connectivity index (χ3v) is 3.59. The third-order valence-electron chi connectivity index (χ3n) is 3.59. The number of hydrogen-bond acceptors (Lipinski definition) is 4. The largest absolute Gasteiger partial charge is 0.496 e. The molecule has 0 radical (unpaired) electrons. The van der Waals surface area contributed by atoms with Crippen LogP contribution in [0.2, 0.25) is 0 Å². The van der Waals surface area contributed by atoms with E-state index in [9.17, 15) is 4.91 Å². The molecule has 0 saturated heterocycles. The highest BCUT2D eigenvalue weighted by Crippen LogP contribution is 2.42. The molecule has 5 nitrogen and oxygen atoms in total. The zero-order valence-corrected chi connectivity index (χ0v) is 14.7. The Morgan fingerprint density at radius 3 is 1.86 bits per heavy atom. The zero-order valence-electron chi connectivity index (χ0n) is 14.7. The minimum absolute atomic E-state index is 0.333. The fourth-order valence-electron chi connectivity index (χ4n) is 2.48. The maximum atomic E-state index is 12.8. The van der Waals surface area contributed by atoms with Crippen molar-refractivity contribution < 1.29 is 19.0 Å². The van der Waals surface area contributed by atoms with Crippen molar-refractivity contribution >= 4 is 0 Å². The standard InChI is InChI=1S/C17H28NO4/c1-8-9-13(18(19)17(2,3)4)16-14(21-6)10-12(20-5)11-15(16)22-7/h10-11,13H,8-9H2,1-7H3/q+1. The Hall–Kier alpha value is -1.78. The third kappa shape index (κ3) is 3.90. The zero-order chi connectivity index (χ0) is 16.9. The quantitative estimate of drug-likeness (QED) is 0.710. The molecule has 0 aromatic heterocycles. The molecule has 0 N–H and O–H groups in total. The molecule has 0 saturated carbocycles. The summed E-state index contributed by atoms with van der Waals surface area (Å²) in [6, 6.07) is 3.24. The van der Waals surface area contributed by atoms with Gasteiger partial charge in [-0.1, -0.05) is 6.92 Å². The molecule has 1 unspecified atom stereocenters. The van der Waals surface area contributed by atoms with Crippen LogP contribution in [0.5, 0.6) is 17.2 Å². The Morgan fingerprint density at radius 1 is 1.05 bits per heavy atom. The summed E-state index contributed by atoms with van der Waals surface area (Å²) in [4.78, 5) is 12.8. The molecule has 0 aliphatic rings. The lowest BCUT2D eigenvalue weighted by Crippen LogP contribution is -2.34. The van der Waals surface area contributed by atoms with Gasteiger partial charge >= 0.3 is 0 Å². The second kappa shape index (κ2) is 7.47. The van der Waals surface area contributed by atoms with Crippen LogP contribution >= 0.6 is 0 Å². The minimum Gasteiger partial charge on any atom is -0.496 e. The molecule has 22 heavy (non-hydrogen) atoms. The first-order valence-corrected chi connectivity index (χ1v) is 7.56. The fraction of sp³-hybridized carbons (Fsp3) is 0.647. The second-order valence-electron chi connectivity index (χ2n) is 6.25. The molecule has 0 fully saturated rings. The predicted octanol–water partition coefficient (Wildman–Crippen LogP) is 4.13. The first kappa shape index (κ1) is 18.3. The highest BCUT2D eigenvalue weighted by Gasteiger charge is 2.41. The summed E-state index contributed by atoms with van der Waals surface area (Å²) in [7, 11) is 4.77. The van der Waals surface area contributed by atoms with Crippen LogP contribution in [0.3, 0.4) is 0 Å². The van der Waals surface area contributed by atoms with Crippen LogP contribution in [-0.2, 0) is 0 Å². The molecule has 1 aromatic carbocycles. The van der Waals surface area contributed by atoms with Crippen LogP contribution in [-0.4, -0.2) is 31.6 Å². The summed E-state index contributed by atoms with van der Waals surface area (Å²) in [6.07, 6.45) is 1.61. The van der Waals surface area contributed by atoms with Crippen molar-refractivity contribution in [2.75, 3.05) is 21.3 Å². The molecule has 1 rings (SSSR count). The predicted molar refractivity (Wildman–Crippen MR) is 87.1 cm³/mol. The van der Waals surface area contributed by atoms with E-state index in [1.54, 1.807) is 33.5 Å². The van der Waals surface area contributed by atoms with E-state index in [1.165, 1.54) is 0 Å². The Kier molecular flexibility index (Phi) is 6.21. The summed E-state index contributed by atoms with van der Waals surface area (Å²) in [5.74, 6) is 1.86. The number of hydrogen-bond donors (Lipinski definition) is 0. The van der Waals surface area contributed by atoms with Crippen LogP contribution in [0.25, 0.3) is 0 Å². The summed E-state index contributed by atoms with van der Waals surface area (Å²) >= 11 is 0. The van der Waals surface area contributed by atoms with Crippen LogP contribution in [0.1, 0.15) is 52.1 Å². The minimum atomic E-state index is -0.504. The van der Waals surface area contributed by atoms with Crippen molar-refractivity contribution in [3.05, 3.63) is 22.6 Å². The molecule has 0 aliphatic heterocycles. The number of nitrogens with zero attached hydrogens (tertiary/aromatic N) is 1. The molecule has 0 amide bonds. The number of benzene rings is 1. The first-order valence-electron chi connectivity index (χ1n) is 7.56. The van der Waals surface area contributed by atoms with Gasteiger partial charge in [-0.2, -0.15) is 0 Å². The van der Waals surface area contributed by atoms with E-state index >= 15 is 0 Å². The summed E-state index contributed by atoms with van der Waals surface area (Å²) in [5.41, 5.74) is 0.271. The molecule has 1 aromatic rings.